The van der Waals surface area contributed by atoms with Gasteiger partial charge in [-0.15, -0.1) is 0 Å². The van der Waals surface area contributed by atoms with E-state index in [1.807, 2.05) is 6.07 Å². The first-order valence-corrected chi connectivity index (χ1v) is 6.64. The van der Waals surface area contributed by atoms with Crippen LogP contribution in [0, 0.1) is 11.3 Å². The highest BCUT2D eigenvalue weighted by molar-refractivity contribution is 5.94. The Hall–Kier alpha value is -1.86. The number of ether oxygens (including phenoxy) is 1. The number of rotatable bonds is 8. The summed E-state index contributed by atoms with van der Waals surface area (Å²) in [5.41, 5.74) is 1.13. The van der Waals surface area contributed by atoms with E-state index >= 15 is 0 Å². The molecule has 102 valence electrons. The van der Waals surface area contributed by atoms with Crippen LogP contribution in [0.1, 0.15) is 42.1 Å². The molecular weight excluding hydrogens is 240 g/mol. The molecule has 1 aromatic carbocycles. The van der Waals surface area contributed by atoms with Crippen molar-refractivity contribution in [3.8, 4) is 6.07 Å². The van der Waals surface area contributed by atoms with E-state index in [0.717, 1.165) is 25.9 Å². The van der Waals surface area contributed by atoms with Gasteiger partial charge in [0.2, 0.25) is 0 Å². The number of nitriles is 1. The van der Waals surface area contributed by atoms with E-state index in [0.29, 0.717) is 24.3 Å². The van der Waals surface area contributed by atoms with Crippen molar-refractivity contribution < 1.29 is 9.53 Å². The van der Waals surface area contributed by atoms with Crippen LogP contribution < -0.4 is 5.32 Å². The number of benzene rings is 1. The third-order valence-electron chi connectivity index (χ3n) is 2.67. The number of nitrogens with zero attached hydrogens (tertiary/aromatic N) is 1. The fourth-order valence-electron chi connectivity index (χ4n) is 1.52. The number of amides is 1. The van der Waals surface area contributed by atoms with Crippen molar-refractivity contribution in [2.45, 2.75) is 26.2 Å². The van der Waals surface area contributed by atoms with Gasteiger partial charge in [-0.25, -0.2) is 0 Å². The first-order valence-electron chi connectivity index (χ1n) is 6.64. The van der Waals surface area contributed by atoms with Gasteiger partial charge in [-0.1, -0.05) is 13.3 Å². The molecule has 0 aliphatic carbocycles. The van der Waals surface area contributed by atoms with Crippen LogP contribution in [0.5, 0.6) is 0 Å². The number of hydrogen-bond donors (Lipinski definition) is 1. The summed E-state index contributed by atoms with van der Waals surface area (Å²) < 4.78 is 5.40. The average Bonchev–Trinajstić information content (AvgIpc) is 2.46. The molecule has 0 unspecified atom stereocenters. The summed E-state index contributed by atoms with van der Waals surface area (Å²) in [7, 11) is 0. The highest BCUT2D eigenvalue weighted by atomic mass is 16.5. The monoisotopic (exact) mass is 260 g/mol. The molecule has 0 fully saturated rings. The summed E-state index contributed by atoms with van der Waals surface area (Å²) in [6.07, 6.45) is 3.03. The molecule has 4 heteroatoms. The van der Waals surface area contributed by atoms with Crippen molar-refractivity contribution >= 4 is 5.91 Å². The second-order valence-electron chi connectivity index (χ2n) is 4.26. The average molecular weight is 260 g/mol. The van der Waals surface area contributed by atoms with Crippen LogP contribution in [-0.2, 0) is 4.74 Å². The van der Waals surface area contributed by atoms with Gasteiger partial charge in [0.05, 0.1) is 11.6 Å². The Bertz CT molecular complexity index is 421. The molecule has 19 heavy (non-hydrogen) atoms. The first-order chi connectivity index (χ1) is 9.27. The molecule has 0 atom stereocenters. The third-order valence-corrected chi connectivity index (χ3v) is 2.67. The van der Waals surface area contributed by atoms with Crippen LogP contribution in [0.25, 0.3) is 0 Å². The summed E-state index contributed by atoms with van der Waals surface area (Å²) in [5, 5.41) is 11.5. The second kappa shape index (κ2) is 9.12. The molecule has 0 saturated heterocycles. The fraction of sp³-hybridized carbons (Fsp3) is 0.467. The van der Waals surface area contributed by atoms with E-state index < -0.39 is 0 Å². The number of hydrogen-bond acceptors (Lipinski definition) is 3. The zero-order valence-electron chi connectivity index (χ0n) is 11.3. The molecular formula is C15H20N2O2. The normalized spacial score (nSPS) is 9.89. The molecule has 1 amide bonds. The third kappa shape index (κ3) is 6.03. The van der Waals surface area contributed by atoms with Crippen LogP contribution in [0.15, 0.2) is 24.3 Å². The smallest absolute Gasteiger partial charge is 0.251 e. The standard InChI is InChI=1S/C15H20N2O2/c1-2-3-10-19-11-4-9-17-15(18)14-7-5-13(12-16)6-8-14/h5-8H,2-4,9-11H2,1H3,(H,17,18). The van der Waals surface area contributed by atoms with Gasteiger partial charge in [0.1, 0.15) is 0 Å². The highest BCUT2D eigenvalue weighted by Crippen LogP contribution is 2.03. The predicted molar refractivity (Wildman–Crippen MR) is 73.8 cm³/mol. The Kier molecular flexibility index (Phi) is 7.30. The lowest BCUT2D eigenvalue weighted by atomic mass is 10.1. The Balaban J connectivity index is 2.18. The van der Waals surface area contributed by atoms with Gasteiger partial charge >= 0.3 is 0 Å². The molecule has 0 saturated carbocycles. The van der Waals surface area contributed by atoms with Crippen molar-refractivity contribution in [3.05, 3.63) is 35.4 Å². The molecule has 0 aromatic heterocycles. The highest BCUT2D eigenvalue weighted by Gasteiger charge is 2.04. The largest absolute Gasteiger partial charge is 0.381 e. The maximum Gasteiger partial charge on any atom is 0.251 e. The minimum absolute atomic E-state index is 0.113. The SMILES string of the molecule is CCCCOCCCNC(=O)c1ccc(C#N)cc1. The maximum atomic E-state index is 11.7. The molecule has 1 aromatic rings. The molecule has 4 nitrogen and oxygen atoms in total. The Morgan fingerprint density at radius 3 is 2.58 bits per heavy atom. The fourth-order valence-corrected chi connectivity index (χ4v) is 1.52. The molecule has 0 aliphatic heterocycles. The molecule has 0 bridgehead atoms. The Labute approximate surface area is 114 Å². The van der Waals surface area contributed by atoms with Crippen molar-refractivity contribution in [2.75, 3.05) is 19.8 Å². The Morgan fingerprint density at radius 1 is 1.26 bits per heavy atom. The van der Waals surface area contributed by atoms with Crippen LogP contribution in [0.4, 0.5) is 0 Å². The first kappa shape index (κ1) is 15.2. The topological polar surface area (TPSA) is 62.1 Å². The number of unbranched alkanes of at least 4 members (excludes halogenated alkanes) is 1. The van der Waals surface area contributed by atoms with Gasteiger partial charge < -0.3 is 10.1 Å². The quantitative estimate of drug-likeness (QED) is 0.730. The van der Waals surface area contributed by atoms with E-state index in [9.17, 15) is 4.79 Å². The zero-order valence-corrected chi connectivity index (χ0v) is 11.3. The van der Waals surface area contributed by atoms with Crippen LogP contribution in [0.3, 0.4) is 0 Å². The van der Waals surface area contributed by atoms with Gasteiger partial charge in [0.15, 0.2) is 0 Å². The van der Waals surface area contributed by atoms with Crippen LogP contribution in [-0.4, -0.2) is 25.7 Å². The summed E-state index contributed by atoms with van der Waals surface area (Å²) in [4.78, 5) is 11.7. The van der Waals surface area contributed by atoms with Crippen molar-refractivity contribution in [2.24, 2.45) is 0 Å². The van der Waals surface area contributed by atoms with Gasteiger partial charge in [-0.3, -0.25) is 4.79 Å². The number of carbonyl (C=O) groups is 1. The second-order valence-corrected chi connectivity index (χ2v) is 4.26. The minimum atomic E-state index is -0.113. The molecule has 0 radical (unpaired) electrons. The number of nitrogens with one attached hydrogen (secondary N) is 1. The Morgan fingerprint density at radius 2 is 1.95 bits per heavy atom. The molecule has 0 aliphatic rings. The lowest BCUT2D eigenvalue weighted by molar-refractivity contribution is 0.0940. The van der Waals surface area contributed by atoms with E-state index in [4.69, 9.17) is 10.00 Å². The predicted octanol–water partition coefficient (Wildman–Crippen LogP) is 2.49. The van der Waals surface area contributed by atoms with E-state index in [1.54, 1.807) is 24.3 Å². The molecule has 1 rings (SSSR count). The molecule has 0 spiro atoms. The number of carbonyl (C=O) groups excluding carboxylic acids is 1. The van der Waals surface area contributed by atoms with Crippen LogP contribution >= 0.6 is 0 Å². The van der Waals surface area contributed by atoms with Gasteiger partial charge in [-0.05, 0) is 37.1 Å². The van der Waals surface area contributed by atoms with E-state index in [2.05, 4.69) is 12.2 Å². The van der Waals surface area contributed by atoms with Crippen LogP contribution in [0.2, 0.25) is 0 Å². The van der Waals surface area contributed by atoms with Gasteiger partial charge in [0.25, 0.3) is 5.91 Å². The van der Waals surface area contributed by atoms with E-state index in [-0.39, 0.29) is 5.91 Å². The minimum Gasteiger partial charge on any atom is -0.381 e. The van der Waals surface area contributed by atoms with E-state index in [1.165, 1.54) is 0 Å². The van der Waals surface area contributed by atoms with Gasteiger partial charge in [0, 0.05) is 25.3 Å². The molecule has 1 N–H and O–H groups in total. The van der Waals surface area contributed by atoms with Crippen molar-refractivity contribution in [1.82, 2.24) is 5.32 Å². The van der Waals surface area contributed by atoms with Crippen molar-refractivity contribution in [3.63, 3.8) is 0 Å². The molecule has 0 heterocycles. The summed E-state index contributed by atoms with van der Waals surface area (Å²) in [6.45, 7) is 4.19. The van der Waals surface area contributed by atoms with Gasteiger partial charge in [-0.2, -0.15) is 5.26 Å². The maximum absolute atomic E-state index is 11.7. The lowest BCUT2D eigenvalue weighted by Gasteiger charge is -2.06. The van der Waals surface area contributed by atoms with Crippen molar-refractivity contribution in [1.29, 1.82) is 5.26 Å². The summed E-state index contributed by atoms with van der Waals surface area (Å²) in [5.74, 6) is -0.113. The summed E-state index contributed by atoms with van der Waals surface area (Å²) in [6, 6.07) is 8.62. The lowest BCUT2D eigenvalue weighted by Crippen LogP contribution is -2.25. The zero-order chi connectivity index (χ0) is 13.9. The summed E-state index contributed by atoms with van der Waals surface area (Å²) >= 11 is 0.